The number of nitrogens with one attached hydrogen (secondary N) is 1. The Labute approximate surface area is 202 Å². The zero-order valence-corrected chi connectivity index (χ0v) is 20.8. The fraction of sp³-hybridized carbons (Fsp3) is 0.444. The maximum absolute atomic E-state index is 13.2. The van der Waals surface area contributed by atoms with E-state index in [9.17, 15) is 9.59 Å². The molecule has 2 amide bonds. The van der Waals surface area contributed by atoms with Gasteiger partial charge in [0.05, 0.1) is 24.5 Å². The maximum atomic E-state index is 13.2. The van der Waals surface area contributed by atoms with Gasteiger partial charge < -0.3 is 15.8 Å². The molecule has 7 nitrogen and oxygen atoms in total. The third-order valence-electron chi connectivity index (χ3n) is 6.56. The highest BCUT2D eigenvalue weighted by Crippen LogP contribution is 2.30. The van der Waals surface area contributed by atoms with Crippen LogP contribution in [0.2, 0.25) is 0 Å². The number of hydrogen-bond acceptors (Lipinski definition) is 5. The van der Waals surface area contributed by atoms with Crippen molar-refractivity contribution in [3.8, 4) is 0 Å². The Morgan fingerprint density at radius 1 is 1.24 bits per heavy atom. The lowest BCUT2D eigenvalue weighted by molar-refractivity contribution is -0.130. The van der Waals surface area contributed by atoms with E-state index in [4.69, 9.17) is 10.5 Å². The minimum atomic E-state index is -0.496. The van der Waals surface area contributed by atoms with E-state index in [2.05, 4.69) is 10.3 Å². The fourth-order valence-corrected chi connectivity index (χ4v) is 4.15. The fourth-order valence-electron chi connectivity index (χ4n) is 4.15. The summed E-state index contributed by atoms with van der Waals surface area (Å²) >= 11 is 0. The SMILES string of the molecule is COCC[C@H](NC(=O)c1cc(C)cc(CN2C(=O)C[C@@](C)(C(C)C)N=C2N)c1)c1ccccc1. The van der Waals surface area contributed by atoms with Crippen LogP contribution in [-0.4, -0.2) is 41.9 Å². The van der Waals surface area contributed by atoms with Gasteiger partial charge in [-0.15, -0.1) is 0 Å². The molecule has 2 aromatic rings. The number of nitrogens with two attached hydrogens (primary N) is 1. The molecule has 0 aromatic heterocycles. The van der Waals surface area contributed by atoms with Crippen molar-refractivity contribution in [2.24, 2.45) is 16.6 Å². The Bertz CT molecular complexity index is 1050. The number of methoxy groups -OCH3 is 1. The summed E-state index contributed by atoms with van der Waals surface area (Å²) in [6, 6.07) is 15.3. The van der Waals surface area contributed by atoms with Gasteiger partial charge in [-0.25, -0.2) is 4.99 Å². The Morgan fingerprint density at radius 3 is 2.56 bits per heavy atom. The third kappa shape index (κ3) is 6.03. The largest absolute Gasteiger partial charge is 0.385 e. The normalized spacial score (nSPS) is 19.2. The quantitative estimate of drug-likeness (QED) is 0.587. The lowest BCUT2D eigenvalue weighted by Gasteiger charge is -2.37. The number of carbonyl (C=O) groups excluding carboxylic acids is 2. The van der Waals surface area contributed by atoms with Crippen molar-refractivity contribution in [3.05, 3.63) is 70.8 Å². The van der Waals surface area contributed by atoms with Crippen LogP contribution in [-0.2, 0) is 16.1 Å². The number of rotatable bonds is 9. The molecule has 0 saturated heterocycles. The van der Waals surface area contributed by atoms with E-state index in [0.717, 1.165) is 16.7 Å². The van der Waals surface area contributed by atoms with Crippen molar-refractivity contribution in [3.63, 3.8) is 0 Å². The monoisotopic (exact) mass is 464 g/mol. The molecule has 7 heteroatoms. The number of carbonyl (C=O) groups is 2. The Morgan fingerprint density at radius 2 is 1.94 bits per heavy atom. The number of guanidine groups is 1. The first-order chi connectivity index (χ1) is 16.1. The van der Waals surface area contributed by atoms with Crippen LogP contribution in [0, 0.1) is 12.8 Å². The predicted molar refractivity (Wildman–Crippen MR) is 134 cm³/mol. The minimum absolute atomic E-state index is 0.0556. The van der Waals surface area contributed by atoms with Crippen LogP contribution in [0.25, 0.3) is 0 Å². The molecule has 3 rings (SSSR count). The molecule has 3 N–H and O–H groups in total. The van der Waals surface area contributed by atoms with Crippen molar-refractivity contribution in [1.29, 1.82) is 0 Å². The van der Waals surface area contributed by atoms with E-state index >= 15 is 0 Å². The van der Waals surface area contributed by atoms with Gasteiger partial charge in [0.15, 0.2) is 5.96 Å². The molecule has 0 spiro atoms. The number of amides is 2. The van der Waals surface area contributed by atoms with Crippen molar-refractivity contribution in [1.82, 2.24) is 10.2 Å². The minimum Gasteiger partial charge on any atom is -0.385 e. The Hall–Kier alpha value is -3.19. The average Bonchev–Trinajstić information content (AvgIpc) is 2.79. The van der Waals surface area contributed by atoms with Crippen LogP contribution < -0.4 is 11.1 Å². The van der Waals surface area contributed by atoms with Crippen LogP contribution in [0.3, 0.4) is 0 Å². The van der Waals surface area contributed by atoms with Gasteiger partial charge in [-0.2, -0.15) is 0 Å². The molecule has 0 unspecified atom stereocenters. The summed E-state index contributed by atoms with van der Waals surface area (Å²) in [5, 5.41) is 3.14. The molecule has 182 valence electrons. The van der Waals surface area contributed by atoms with Gasteiger partial charge >= 0.3 is 0 Å². The molecule has 0 aliphatic carbocycles. The lowest BCUT2D eigenvalue weighted by atomic mass is 9.84. The van der Waals surface area contributed by atoms with E-state index < -0.39 is 5.54 Å². The van der Waals surface area contributed by atoms with Crippen molar-refractivity contribution < 1.29 is 14.3 Å². The van der Waals surface area contributed by atoms with Crippen molar-refractivity contribution >= 4 is 17.8 Å². The second kappa shape index (κ2) is 10.8. The summed E-state index contributed by atoms with van der Waals surface area (Å²) in [5.41, 5.74) is 9.04. The highest BCUT2D eigenvalue weighted by atomic mass is 16.5. The number of aryl methyl sites for hydroxylation is 1. The highest BCUT2D eigenvalue weighted by molar-refractivity contribution is 5.99. The van der Waals surface area contributed by atoms with Gasteiger partial charge in [0.1, 0.15) is 0 Å². The predicted octanol–water partition coefficient (Wildman–Crippen LogP) is 3.96. The molecule has 0 bridgehead atoms. The summed E-state index contributed by atoms with van der Waals surface area (Å²) in [6.45, 7) is 8.79. The third-order valence-corrected chi connectivity index (χ3v) is 6.56. The van der Waals surface area contributed by atoms with Gasteiger partial charge in [-0.1, -0.05) is 50.2 Å². The molecule has 1 heterocycles. The molecular weight excluding hydrogens is 428 g/mol. The Balaban J connectivity index is 1.80. The average molecular weight is 465 g/mol. The number of hydrogen-bond donors (Lipinski definition) is 2. The van der Waals surface area contributed by atoms with E-state index in [1.54, 1.807) is 7.11 Å². The van der Waals surface area contributed by atoms with Crippen LogP contribution in [0.1, 0.15) is 66.7 Å². The summed E-state index contributed by atoms with van der Waals surface area (Å²) in [4.78, 5) is 32.2. The summed E-state index contributed by atoms with van der Waals surface area (Å²) in [7, 11) is 1.65. The van der Waals surface area contributed by atoms with Gasteiger partial charge in [0.2, 0.25) is 5.91 Å². The summed E-state index contributed by atoms with van der Waals surface area (Å²) < 4.78 is 5.24. The molecule has 2 atom stereocenters. The zero-order chi connectivity index (χ0) is 24.9. The first-order valence-electron chi connectivity index (χ1n) is 11.7. The van der Waals surface area contributed by atoms with Crippen molar-refractivity contribution in [2.45, 2.75) is 58.7 Å². The van der Waals surface area contributed by atoms with Gasteiger partial charge in [0, 0.05) is 19.3 Å². The first-order valence-corrected chi connectivity index (χ1v) is 11.7. The smallest absolute Gasteiger partial charge is 0.251 e. The zero-order valence-electron chi connectivity index (χ0n) is 20.8. The number of nitrogens with zero attached hydrogens (tertiary/aromatic N) is 2. The standard InChI is InChI=1S/C27H36N4O3/c1-18(2)27(4)16-24(32)31(26(28)30-27)17-20-13-19(3)14-22(15-20)25(33)29-23(11-12-34-5)21-9-7-6-8-10-21/h6-10,13-15,18,23H,11-12,16-17H2,1-5H3,(H2,28,30)(H,29,33)/t23-,27-/m0/s1. The molecular formula is C27H36N4O3. The molecule has 0 fully saturated rings. The highest BCUT2D eigenvalue weighted by Gasteiger charge is 2.38. The summed E-state index contributed by atoms with van der Waals surface area (Å²) in [5.74, 6) is 0.194. The first kappa shape index (κ1) is 25.4. The van der Waals surface area contributed by atoms with Crippen LogP contribution >= 0.6 is 0 Å². The van der Waals surface area contributed by atoms with Crippen LogP contribution in [0.5, 0.6) is 0 Å². The van der Waals surface area contributed by atoms with Crippen molar-refractivity contribution in [2.75, 3.05) is 13.7 Å². The topological polar surface area (TPSA) is 97.0 Å². The van der Waals surface area contributed by atoms with Gasteiger partial charge in [-0.05, 0) is 55.0 Å². The van der Waals surface area contributed by atoms with E-state index in [0.29, 0.717) is 25.0 Å². The van der Waals surface area contributed by atoms with E-state index in [1.165, 1.54) is 4.90 Å². The molecule has 0 saturated carbocycles. The molecule has 1 aliphatic rings. The molecule has 1 aliphatic heterocycles. The summed E-state index contributed by atoms with van der Waals surface area (Å²) in [6.07, 6.45) is 0.970. The van der Waals surface area contributed by atoms with Gasteiger partial charge in [-0.3, -0.25) is 14.5 Å². The molecule has 34 heavy (non-hydrogen) atoms. The lowest BCUT2D eigenvalue weighted by Crippen LogP contribution is -2.51. The second-order valence-corrected chi connectivity index (χ2v) is 9.56. The maximum Gasteiger partial charge on any atom is 0.251 e. The molecule has 2 aromatic carbocycles. The number of ether oxygens (including phenoxy) is 1. The molecule has 0 radical (unpaired) electrons. The van der Waals surface area contributed by atoms with Crippen LogP contribution in [0.15, 0.2) is 53.5 Å². The van der Waals surface area contributed by atoms with Crippen LogP contribution in [0.4, 0.5) is 0 Å². The van der Waals surface area contributed by atoms with E-state index in [1.807, 2.05) is 76.2 Å². The Kier molecular flexibility index (Phi) is 8.10. The number of aliphatic imine (C=N–C) groups is 1. The van der Waals surface area contributed by atoms with Gasteiger partial charge in [0.25, 0.3) is 5.91 Å². The number of benzene rings is 2. The van der Waals surface area contributed by atoms with E-state index in [-0.39, 0.29) is 36.3 Å². The second-order valence-electron chi connectivity index (χ2n) is 9.56.